The Hall–Kier alpha value is -0.910. The molecule has 0 aliphatic carbocycles. The molecule has 5 nitrogen and oxygen atoms in total. The van der Waals surface area contributed by atoms with Crippen LogP contribution in [0.25, 0.3) is 0 Å². The van der Waals surface area contributed by atoms with E-state index in [1.54, 1.807) is 6.08 Å². The quantitative estimate of drug-likeness (QED) is 0.410. The molecule has 1 fully saturated rings. The van der Waals surface area contributed by atoms with E-state index in [0.717, 1.165) is 38.8 Å². The molecule has 1 saturated heterocycles. The topological polar surface area (TPSA) is 48.0 Å². The third kappa shape index (κ3) is 7.38. The van der Waals surface area contributed by atoms with E-state index in [1.807, 2.05) is 4.90 Å². The Balaban J connectivity index is 2.16. The Morgan fingerprint density at radius 3 is 2.32 bits per heavy atom. The number of hydrogen-bond donors (Lipinski definition) is 0. The van der Waals surface area contributed by atoms with Crippen LogP contribution in [0.15, 0.2) is 12.7 Å². The third-order valence-corrected chi connectivity index (χ3v) is 3.60. The first-order valence-corrected chi connectivity index (χ1v) is 8.40. The summed E-state index contributed by atoms with van der Waals surface area (Å²) in [5.74, 6) is 0.0764. The highest BCUT2D eigenvalue weighted by atomic mass is 16.6. The van der Waals surface area contributed by atoms with Gasteiger partial charge in [0.2, 0.25) is 5.91 Å². The van der Waals surface area contributed by atoms with Gasteiger partial charge >= 0.3 is 0 Å². The molecule has 0 saturated carbocycles. The normalized spacial score (nSPS) is 21.0. The van der Waals surface area contributed by atoms with E-state index >= 15 is 0 Å². The first-order valence-electron chi connectivity index (χ1n) is 8.40. The molecule has 22 heavy (non-hydrogen) atoms. The van der Waals surface area contributed by atoms with Crippen molar-refractivity contribution in [3.8, 4) is 0 Å². The van der Waals surface area contributed by atoms with Crippen LogP contribution in [0.5, 0.6) is 0 Å². The maximum Gasteiger partial charge on any atom is 0.248 e. The van der Waals surface area contributed by atoms with Crippen molar-refractivity contribution in [2.24, 2.45) is 0 Å². The summed E-state index contributed by atoms with van der Waals surface area (Å²) >= 11 is 0. The molecule has 2 atom stereocenters. The van der Waals surface area contributed by atoms with Gasteiger partial charge in [0.1, 0.15) is 6.61 Å². The second-order valence-corrected chi connectivity index (χ2v) is 5.68. The lowest BCUT2D eigenvalue weighted by Gasteiger charge is -2.21. The zero-order chi connectivity index (χ0) is 16.2. The molecule has 1 rings (SSSR count). The molecule has 0 spiro atoms. The van der Waals surface area contributed by atoms with Crippen molar-refractivity contribution in [2.45, 2.75) is 51.7 Å². The fraction of sp³-hybridized carbons (Fsp3) is 0.824. The van der Waals surface area contributed by atoms with E-state index in [4.69, 9.17) is 14.2 Å². The molecule has 5 heteroatoms. The molecule has 1 aliphatic heterocycles. The lowest BCUT2D eigenvalue weighted by Crippen LogP contribution is -2.36. The van der Waals surface area contributed by atoms with Gasteiger partial charge in [-0.25, -0.2) is 0 Å². The molecule has 0 radical (unpaired) electrons. The predicted octanol–water partition coefficient (Wildman–Crippen LogP) is 2.40. The summed E-state index contributed by atoms with van der Waals surface area (Å²) in [5.41, 5.74) is 0. The second-order valence-electron chi connectivity index (χ2n) is 5.68. The van der Waals surface area contributed by atoms with Crippen LogP contribution < -0.4 is 0 Å². The van der Waals surface area contributed by atoms with E-state index in [9.17, 15) is 4.79 Å². The lowest BCUT2D eigenvalue weighted by molar-refractivity contribution is -0.137. The minimum atomic E-state index is 0.0764. The highest BCUT2D eigenvalue weighted by Gasteiger charge is 2.25. The highest BCUT2D eigenvalue weighted by molar-refractivity contribution is 5.77. The molecule has 0 bridgehead atoms. The van der Waals surface area contributed by atoms with Gasteiger partial charge in [0.25, 0.3) is 0 Å². The SMILES string of the molecule is C=CCOCC1CCC(COCC(=O)N(CCC)CCC)O1. The van der Waals surface area contributed by atoms with Crippen molar-refractivity contribution in [3.05, 3.63) is 12.7 Å². The van der Waals surface area contributed by atoms with Gasteiger partial charge in [-0.1, -0.05) is 19.9 Å². The van der Waals surface area contributed by atoms with Crippen LogP contribution in [0.4, 0.5) is 0 Å². The molecular formula is C17H31NO4. The standard InChI is InChI=1S/C17H31NO4/c1-4-9-18(10-5-2)17(19)14-21-13-16-8-7-15(22-16)12-20-11-6-3/h6,15-16H,3-5,7-14H2,1-2H3. The van der Waals surface area contributed by atoms with Gasteiger partial charge in [0.05, 0.1) is 32.0 Å². The number of ether oxygens (including phenoxy) is 3. The van der Waals surface area contributed by atoms with Gasteiger partial charge in [-0.15, -0.1) is 6.58 Å². The molecule has 2 unspecified atom stereocenters. The minimum Gasteiger partial charge on any atom is -0.375 e. The van der Waals surface area contributed by atoms with Crippen LogP contribution in [0.1, 0.15) is 39.5 Å². The van der Waals surface area contributed by atoms with Crippen LogP contribution in [0, 0.1) is 0 Å². The summed E-state index contributed by atoms with van der Waals surface area (Å²) in [5, 5.41) is 0. The molecule has 1 amide bonds. The summed E-state index contributed by atoms with van der Waals surface area (Å²) in [4.78, 5) is 13.9. The van der Waals surface area contributed by atoms with E-state index in [2.05, 4.69) is 20.4 Å². The van der Waals surface area contributed by atoms with Crippen molar-refractivity contribution in [1.29, 1.82) is 0 Å². The minimum absolute atomic E-state index is 0.0764. The maximum atomic E-state index is 12.1. The van der Waals surface area contributed by atoms with Crippen molar-refractivity contribution >= 4 is 5.91 Å². The number of rotatable bonds is 12. The van der Waals surface area contributed by atoms with E-state index < -0.39 is 0 Å². The Bertz CT molecular complexity index is 316. The molecule has 1 heterocycles. The number of hydrogen-bond acceptors (Lipinski definition) is 4. The second kappa shape index (κ2) is 11.6. The van der Waals surface area contributed by atoms with Gasteiger partial charge in [0, 0.05) is 13.1 Å². The first-order chi connectivity index (χ1) is 10.7. The highest BCUT2D eigenvalue weighted by Crippen LogP contribution is 2.20. The van der Waals surface area contributed by atoms with Crippen LogP contribution in [-0.2, 0) is 19.0 Å². The maximum absolute atomic E-state index is 12.1. The number of carbonyl (C=O) groups excluding carboxylic acids is 1. The van der Waals surface area contributed by atoms with Gasteiger partial charge in [-0.2, -0.15) is 0 Å². The third-order valence-electron chi connectivity index (χ3n) is 3.60. The average Bonchev–Trinajstić information content (AvgIpc) is 2.95. The Morgan fingerprint density at radius 1 is 1.18 bits per heavy atom. The summed E-state index contributed by atoms with van der Waals surface area (Å²) < 4.78 is 16.8. The summed E-state index contributed by atoms with van der Waals surface area (Å²) in [6.45, 7) is 11.2. The largest absolute Gasteiger partial charge is 0.375 e. The van der Waals surface area contributed by atoms with E-state index in [1.165, 1.54) is 0 Å². The van der Waals surface area contributed by atoms with Crippen molar-refractivity contribution in [2.75, 3.05) is 39.5 Å². The molecule has 0 aromatic rings. The van der Waals surface area contributed by atoms with E-state index in [-0.39, 0.29) is 24.7 Å². The van der Waals surface area contributed by atoms with Crippen molar-refractivity contribution in [1.82, 2.24) is 4.90 Å². The zero-order valence-electron chi connectivity index (χ0n) is 14.1. The average molecular weight is 313 g/mol. The summed E-state index contributed by atoms with van der Waals surface area (Å²) in [6, 6.07) is 0. The first kappa shape index (κ1) is 19.1. The number of nitrogens with zero attached hydrogens (tertiary/aromatic N) is 1. The molecule has 0 aromatic heterocycles. The Kier molecular flexibility index (Phi) is 10.1. The molecule has 128 valence electrons. The summed E-state index contributed by atoms with van der Waals surface area (Å²) in [7, 11) is 0. The van der Waals surface area contributed by atoms with Gasteiger partial charge in [0.15, 0.2) is 0 Å². The fourth-order valence-corrected chi connectivity index (χ4v) is 2.58. The summed E-state index contributed by atoms with van der Waals surface area (Å²) in [6.07, 6.45) is 5.85. The Morgan fingerprint density at radius 2 is 1.77 bits per heavy atom. The van der Waals surface area contributed by atoms with Crippen LogP contribution in [0.2, 0.25) is 0 Å². The molecule has 0 N–H and O–H groups in total. The van der Waals surface area contributed by atoms with Gasteiger partial charge in [-0.3, -0.25) is 4.79 Å². The van der Waals surface area contributed by atoms with E-state index in [0.29, 0.717) is 19.8 Å². The predicted molar refractivity (Wildman–Crippen MR) is 86.9 cm³/mol. The molecule has 0 aromatic carbocycles. The van der Waals surface area contributed by atoms with Crippen LogP contribution >= 0.6 is 0 Å². The lowest BCUT2D eigenvalue weighted by atomic mass is 10.2. The van der Waals surface area contributed by atoms with Crippen LogP contribution in [-0.4, -0.2) is 62.5 Å². The molecular weight excluding hydrogens is 282 g/mol. The van der Waals surface area contributed by atoms with Gasteiger partial charge in [-0.05, 0) is 25.7 Å². The van der Waals surface area contributed by atoms with Gasteiger partial charge < -0.3 is 19.1 Å². The smallest absolute Gasteiger partial charge is 0.248 e. The number of carbonyl (C=O) groups is 1. The fourth-order valence-electron chi connectivity index (χ4n) is 2.58. The monoisotopic (exact) mass is 313 g/mol. The van der Waals surface area contributed by atoms with Crippen molar-refractivity contribution in [3.63, 3.8) is 0 Å². The zero-order valence-corrected chi connectivity index (χ0v) is 14.1. The Labute approximate surface area is 134 Å². The number of amides is 1. The van der Waals surface area contributed by atoms with Crippen LogP contribution in [0.3, 0.4) is 0 Å². The van der Waals surface area contributed by atoms with Crippen molar-refractivity contribution < 1.29 is 19.0 Å². The molecule has 1 aliphatic rings.